The van der Waals surface area contributed by atoms with Gasteiger partial charge in [-0.05, 0) is 5.92 Å². The van der Waals surface area contributed by atoms with Crippen LogP contribution < -0.4 is 11.1 Å². The van der Waals surface area contributed by atoms with Crippen LogP contribution in [0.4, 0.5) is 4.79 Å². The minimum absolute atomic E-state index is 0.0231. The van der Waals surface area contributed by atoms with Crippen molar-refractivity contribution >= 4 is 11.9 Å². The summed E-state index contributed by atoms with van der Waals surface area (Å²) in [6.07, 6.45) is -0.606. The molecule has 0 aliphatic rings. The minimum atomic E-state index is -0.606. The summed E-state index contributed by atoms with van der Waals surface area (Å²) < 4.78 is 4.38. The number of carbonyl (C=O) groups excluding carboxylic acids is 1. The Balaban J connectivity index is 4.36. The van der Waals surface area contributed by atoms with Crippen molar-refractivity contribution in [1.29, 1.82) is 0 Å². The first-order valence-electron chi connectivity index (χ1n) is 3.84. The van der Waals surface area contributed by atoms with Gasteiger partial charge in [-0.15, -0.1) is 0 Å². The van der Waals surface area contributed by atoms with Crippen LogP contribution in [0.5, 0.6) is 0 Å². The van der Waals surface area contributed by atoms with Crippen molar-refractivity contribution < 1.29 is 14.7 Å². The lowest BCUT2D eigenvalue weighted by molar-refractivity contribution is 0.166. The van der Waals surface area contributed by atoms with Crippen molar-refractivity contribution in [3.05, 3.63) is 0 Å². The molecule has 1 atom stereocenters. The van der Waals surface area contributed by atoms with Gasteiger partial charge in [0.15, 0.2) is 5.84 Å². The number of nitrogens with zero attached hydrogens (tertiary/aromatic N) is 1. The predicted molar refractivity (Wildman–Crippen MR) is 47.6 cm³/mol. The zero-order valence-electron chi connectivity index (χ0n) is 7.94. The zero-order chi connectivity index (χ0) is 10.4. The molecule has 0 radical (unpaired) electrons. The van der Waals surface area contributed by atoms with Crippen LogP contribution in [0.1, 0.15) is 13.8 Å². The Morgan fingerprint density at radius 1 is 1.62 bits per heavy atom. The Bertz CT molecular complexity index is 203. The second-order valence-corrected chi connectivity index (χ2v) is 2.88. The summed E-state index contributed by atoms with van der Waals surface area (Å²) in [4.78, 5) is 10.8. The Labute approximate surface area is 76.7 Å². The highest BCUT2D eigenvalue weighted by molar-refractivity contribution is 5.88. The number of alkyl carbamates (subject to hydrolysis) is 1. The Morgan fingerprint density at radius 2 is 2.15 bits per heavy atom. The van der Waals surface area contributed by atoms with Crippen LogP contribution in [-0.2, 0) is 4.74 Å². The lowest BCUT2D eigenvalue weighted by atomic mass is 10.0. The maximum atomic E-state index is 10.8. The van der Waals surface area contributed by atoms with Crippen LogP contribution in [0, 0.1) is 5.92 Å². The van der Waals surface area contributed by atoms with Gasteiger partial charge in [0.05, 0.1) is 13.2 Å². The largest absolute Gasteiger partial charge is 0.453 e. The first kappa shape index (κ1) is 11.5. The quantitative estimate of drug-likeness (QED) is 0.254. The first-order chi connectivity index (χ1) is 6.02. The van der Waals surface area contributed by atoms with Gasteiger partial charge < -0.3 is 21.0 Å². The number of methoxy groups -OCH3 is 1. The molecule has 0 spiro atoms. The van der Waals surface area contributed by atoms with E-state index in [1.54, 1.807) is 0 Å². The molecule has 4 N–H and O–H groups in total. The van der Waals surface area contributed by atoms with Crippen molar-refractivity contribution in [3.63, 3.8) is 0 Å². The summed E-state index contributed by atoms with van der Waals surface area (Å²) in [5.74, 6) is -0.0181. The van der Waals surface area contributed by atoms with Crippen molar-refractivity contribution in [2.45, 2.75) is 19.9 Å². The summed E-state index contributed by atoms with van der Waals surface area (Å²) in [7, 11) is 1.25. The molecule has 0 aliphatic heterocycles. The molecule has 0 bridgehead atoms. The van der Waals surface area contributed by atoms with Gasteiger partial charge in [-0.2, -0.15) is 0 Å². The molecule has 13 heavy (non-hydrogen) atoms. The van der Waals surface area contributed by atoms with E-state index in [0.29, 0.717) is 0 Å². The van der Waals surface area contributed by atoms with E-state index in [0.717, 1.165) is 0 Å². The highest BCUT2D eigenvalue weighted by Gasteiger charge is 2.20. The molecule has 0 fully saturated rings. The maximum Gasteiger partial charge on any atom is 0.407 e. The first-order valence-corrected chi connectivity index (χ1v) is 3.84. The van der Waals surface area contributed by atoms with E-state index < -0.39 is 12.1 Å². The monoisotopic (exact) mass is 189 g/mol. The van der Waals surface area contributed by atoms with E-state index in [4.69, 9.17) is 10.9 Å². The summed E-state index contributed by atoms with van der Waals surface area (Å²) in [5, 5.41) is 13.7. The van der Waals surface area contributed by atoms with E-state index in [1.165, 1.54) is 7.11 Å². The third-order valence-electron chi connectivity index (χ3n) is 1.56. The molecular weight excluding hydrogens is 174 g/mol. The average Bonchev–Trinajstić information content (AvgIpc) is 2.11. The molecule has 0 aromatic rings. The lowest BCUT2D eigenvalue weighted by Gasteiger charge is -2.19. The van der Waals surface area contributed by atoms with E-state index in [9.17, 15) is 4.79 Å². The fourth-order valence-corrected chi connectivity index (χ4v) is 0.830. The van der Waals surface area contributed by atoms with Gasteiger partial charge in [0.1, 0.15) is 0 Å². The number of carbonyl (C=O) groups is 1. The SMILES string of the molecule is COC(=O)NC(C(N)=NO)C(C)C. The smallest absolute Gasteiger partial charge is 0.407 e. The number of rotatable bonds is 3. The standard InChI is InChI=1S/C7H15N3O3/c1-4(2)5(6(8)10-12)9-7(11)13-3/h4-5,12H,1-3H3,(H2,8,10)(H,9,11). The molecule has 0 aliphatic carbocycles. The second-order valence-electron chi connectivity index (χ2n) is 2.88. The maximum absolute atomic E-state index is 10.8. The van der Waals surface area contributed by atoms with E-state index in [-0.39, 0.29) is 11.8 Å². The number of oxime groups is 1. The van der Waals surface area contributed by atoms with Crippen LogP contribution in [0.3, 0.4) is 0 Å². The van der Waals surface area contributed by atoms with Crippen molar-refractivity contribution in [2.24, 2.45) is 16.8 Å². The highest BCUT2D eigenvalue weighted by atomic mass is 16.5. The molecule has 6 heteroatoms. The molecule has 0 heterocycles. The molecule has 76 valence electrons. The number of hydrogen-bond donors (Lipinski definition) is 3. The van der Waals surface area contributed by atoms with Crippen LogP contribution in [0.25, 0.3) is 0 Å². The Kier molecular flexibility index (Phi) is 4.64. The lowest BCUT2D eigenvalue weighted by Crippen LogP contribution is -2.47. The van der Waals surface area contributed by atoms with Crippen molar-refractivity contribution in [2.75, 3.05) is 7.11 Å². The van der Waals surface area contributed by atoms with Gasteiger partial charge in [0.25, 0.3) is 0 Å². The van der Waals surface area contributed by atoms with Crippen LogP contribution in [0.2, 0.25) is 0 Å². The fourth-order valence-electron chi connectivity index (χ4n) is 0.830. The van der Waals surface area contributed by atoms with E-state index in [1.807, 2.05) is 13.8 Å². The summed E-state index contributed by atoms with van der Waals surface area (Å²) in [6.45, 7) is 3.66. The van der Waals surface area contributed by atoms with Crippen molar-refractivity contribution in [1.82, 2.24) is 5.32 Å². The number of amides is 1. The highest BCUT2D eigenvalue weighted by Crippen LogP contribution is 2.01. The fraction of sp³-hybridized carbons (Fsp3) is 0.714. The molecule has 0 rings (SSSR count). The molecule has 1 amide bonds. The van der Waals surface area contributed by atoms with Gasteiger partial charge >= 0.3 is 6.09 Å². The van der Waals surface area contributed by atoms with E-state index in [2.05, 4.69) is 15.2 Å². The van der Waals surface area contributed by atoms with Crippen LogP contribution >= 0.6 is 0 Å². The van der Waals surface area contributed by atoms with Crippen LogP contribution in [-0.4, -0.2) is 30.3 Å². The summed E-state index contributed by atoms with van der Waals surface area (Å²) in [6, 6.07) is -0.516. The zero-order valence-corrected chi connectivity index (χ0v) is 7.94. The number of nitrogens with one attached hydrogen (secondary N) is 1. The number of nitrogens with two attached hydrogens (primary N) is 1. The molecule has 0 saturated carbocycles. The Morgan fingerprint density at radius 3 is 2.46 bits per heavy atom. The topological polar surface area (TPSA) is 96.9 Å². The molecular formula is C7H15N3O3. The Hall–Kier alpha value is -1.46. The molecule has 0 aromatic carbocycles. The number of hydrogen-bond acceptors (Lipinski definition) is 4. The minimum Gasteiger partial charge on any atom is -0.453 e. The van der Waals surface area contributed by atoms with Crippen LogP contribution in [0.15, 0.2) is 5.16 Å². The third-order valence-corrected chi connectivity index (χ3v) is 1.56. The summed E-state index contributed by atoms with van der Waals surface area (Å²) in [5.41, 5.74) is 5.35. The molecule has 1 unspecified atom stereocenters. The molecule has 0 saturated heterocycles. The summed E-state index contributed by atoms with van der Waals surface area (Å²) >= 11 is 0. The van der Waals surface area contributed by atoms with Gasteiger partial charge in [-0.1, -0.05) is 19.0 Å². The van der Waals surface area contributed by atoms with Gasteiger partial charge in [0, 0.05) is 0 Å². The van der Waals surface area contributed by atoms with E-state index >= 15 is 0 Å². The average molecular weight is 189 g/mol. The number of ether oxygens (including phenoxy) is 1. The molecule has 6 nitrogen and oxygen atoms in total. The van der Waals surface area contributed by atoms with Crippen molar-refractivity contribution in [3.8, 4) is 0 Å². The number of amidine groups is 1. The predicted octanol–water partition coefficient (Wildman–Crippen LogP) is 0.113. The third kappa shape index (κ3) is 3.64. The van der Waals surface area contributed by atoms with Gasteiger partial charge in [-0.25, -0.2) is 4.79 Å². The second kappa shape index (κ2) is 5.23. The molecule has 0 aromatic heterocycles. The normalized spacial score (nSPS) is 14.0. The van der Waals surface area contributed by atoms with Gasteiger partial charge in [-0.3, -0.25) is 0 Å². The van der Waals surface area contributed by atoms with Gasteiger partial charge in [0.2, 0.25) is 0 Å².